The van der Waals surface area contributed by atoms with E-state index in [2.05, 4.69) is 10.3 Å². The van der Waals surface area contributed by atoms with Crippen LogP contribution in [0.2, 0.25) is 10.3 Å². The molecule has 1 N–H and O–H groups in total. The molecule has 0 saturated carbocycles. The SMILES string of the molecule is CCCC(=CNC(C)C)C(=O)c1cc(F)c(Cl)nc1Cl. The summed E-state index contributed by atoms with van der Waals surface area (Å²) in [6, 6.07) is 1.23. The summed E-state index contributed by atoms with van der Waals surface area (Å²) >= 11 is 11.4. The van der Waals surface area contributed by atoms with Gasteiger partial charge in [0.1, 0.15) is 5.15 Å². The van der Waals surface area contributed by atoms with Crippen molar-refractivity contribution in [3.05, 3.63) is 39.5 Å². The van der Waals surface area contributed by atoms with Gasteiger partial charge in [-0.05, 0) is 26.3 Å². The highest BCUT2D eigenvalue weighted by molar-refractivity contribution is 6.35. The molecule has 0 spiro atoms. The quantitative estimate of drug-likeness (QED) is 0.480. The van der Waals surface area contributed by atoms with Gasteiger partial charge in [0.2, 0.25) is 0 Å². The number of hydrogen-bond donors (Lipinski definition) is 1. The van der Waals surface area contributed by atoms with E-state index in [4.69, 9.17) is 23.2 Å². The minimum Gasteiger partial charge on any atom is -0.388 e. The molecule has 110 valence electrons. The van der Waals surface area contributed by atoms with Crippen molar-refractivity contribution in [1.82, 2.24) is 10.3 Å². The third-order valence-electron chi connectivity index (χ3n) is 2.53. The van der Waals surface area contributed by atoms with E-state index in [0.29, 0.717) is 12.0 Å². The Balaban J connectivity index is 3.12. The summed E-state index contributed by atoms with van der Waals surface area (Å²) in [6.07, 6.45) is 3.01. The predicted octanol–water partition coefficient (Wildman–Crippen LogP) is 4.39. The van der Waals surface area contributed by atoms with Crippen LogP contribution in [0, 0.1) is 5.82 Å². The van der Waals surface area contributed by atoms with Crippen LogP contribution in [-0.4, -0.2) is 16.8 Å². The van der Waals surface area contributed by atoms with Gasteiger partial charge in [-0.3, -0.25) is 4.79 Å². The van der Waals surface area contributed by atoms with E-state index in [1.165, 1.54) is 0 Å². The Bertz CT molecular complexity index is 530. The number of nitrogens with zero attached hydrogens (tertiary/aromatic N) is 1. The lowest BCUT2D eigenvalue weighted by molar-refractivity contribution is 0.102. The molecule has 1 heterocycles. The van der Waals surface area contributed by atoms with Gasteiger partial charge in [0.15, 0.2) is 16.8 Å². The summed E-state index contributed by atoms with van der Waals surface area (Å²) in [5.74, 6) is -1.10. The highest BCUT2D eigenvalue weighted by Gasteiger charge is 2.19. The number of carbonyl (C=O) groups excluding carboxylic acids is 1. The largest absolute Gasteiger partial charge is 0.388 e. The van der Waals surface area contributed by atoms with Crippen LogP contribution >= 0.6 is 23.2 Å². The van der Waals surface area contributed by atoms with Crippen molar-refractivity contribution in [2.45, 2.75) is 39.7 Å². The number of nitrogens with one attached hydrogen (secondary N) is 1. The third-order valence-corrected chi connectivity index (χ3v) is 3.09. The molecule has 6 heteroatoms. The number of halogens is 3. The van der Waals surface area contributed by atoms with Gasteiger partial charge in [0.25, 0.3) is 0 Å². The van der Waals surface area contributed by atoms with E-state index >= 15 is 0 Å². The molecule has 0 aliphatic heterocycles. The van der Waals surface area contributed by atoms with Gasteiger partial charge in [-0.25, -0.2) is 9.37 Å². The minimum absolute atomic E-state index is 0.0267. The van der Waals surface area contributed by atoms with Crippen LogP contribution in [0.3, 0.4) is 0 Å². The molecule has 1 aromatic heterocycles. The molecule has 0 amide bonds. The number of pyridine rings is 1. The first kappa shape index (κ1) is 16.9. The number of carbonyl (C=O) groups is 1. The van der Waals surface area contributed by atoms with Crippen LogP contribution in [0.25, 0.3) is 0 Å². The van der Waals surface area contributed by atoms with Gasteiger partial charge in [0, 0.05) is 17.8 Å². The number of hydrogen-bond acceptors (Lipinski definition) is 3. The van der Waals surface area contributed by atoms with Gasteiger partial charge in [-0.1, -0.05) is 36.5 Å². The molecule has 1 rings (SSSR count). The first-order chi connectivity index (χ1) is 9.36. The van der Waals surface area contributed by atoms with E-state index in [1.54, 1.807) is 6.20 Å². The molecule has 0 bridgehead atoms. The second-order valence-electron chi connectivity index (χ2n) is 4.67. The average Bonchev–Trinajstić information content (AvgIpc) is 2.37. The maximum Gasteiger partial charge on any atom is 0.193 e. The predicted molar refractivity (Wildman–Crippen MR) is 79.8 cm³/mol. The van der Waals surface area contributed by atoms with Gasteiger partial charge in [-0.15, -0.1) is 0 Å². The molecule has 0 aliphatic carbocycles. The lowest BCUT2D eigenvalue weighted by atomic mass is 10.0. The fourth-order valence-corrected chi connectivity index (χ4v) is 1.97. The normalized spacial score (nSPS) is 11.8. The highest BCUT2D eigenvalue weighted by atomic mass is 35.5. The van der Waals surface area contributed by atoms with Gasteiger partial charge >= 0.3 is 0 Å². The Morgan fingerprint density at radius 3 is 2.65 bits per heavy atom. The zero-order valence-corrected chi connectivity index (χ0v) is 13.1. The van der Waals surface area contributed by atoms with E-state index in [0.717, 1.165) is 12.5 Å². The van der Waals surface area contributed by atoms with Crippen molar-refractivity contribution in [3.63, 3.8) is 0 Å². The van der Waals surface area contributed by atoms with Crippen molar-refractivity contribution >= 4 is 29.0 Å². The molecule has 0 saturated heterocycles. The number of allylic oxidation sites excluding steroid dienone is 1. The number of aromatic nitrogens is 1. The molecule has 1 aromatic rings. The second-order valence-corrected chi connectivity index (χ2v) is 5.39. The molecule has 0 fully saturated rings. The van der Waals surface area contributed by atoms with Crippen LogP contribution in [0.5, 0.6) is 0 Å². The fraction of sp³-hybridized carbons (Fsp3) is 0.429. The lowest BCUT2D eigenvalue weighted by Crippen LogP contribution is -2.18. The Morgan fingerprint density at radius 2 is 2.10 bits per heavy atom. The van der Waals surface area contributed by atoms with Crippen LogP contribution in [0.4, 0.5) is 4.39 Å². The smallest absolute Gasteiger partial charge is 0.193 e. The number of ketones is 1. The van der Waals surface area contributed by atoms with E-state index in [9.17, 15) is 9.18 Å². The molecule has 0 unspecified atom stereocenters. The van der Waals surface area contributed by atoms with Crippen LogP contribution in [0.15, 0.2) is 17.8 Å². The summed E-state index contributed by atoms with van der Waals surface area (Å²) < 4.78 is 13.4. The number of Topliss-reactive ketones (excluding diaryl/α,β-unsaturated/α-hetero) is 1. The lowest BCUT2D eigenvalue weighted by Gasteiger charge is -2.10. The van der Waals surface area contributed by atoms with E-state index in [-0.39, 0.29) is 27.7 Å². The molecule has 0 atom stereocenters. The zero-order valence-electron chi connectivity index (χ0n) is 11.6. The summed E-state index contributed by atoms with van der Waals surface area (Å²) in [5, 5.41) is 2.63. The molecule has 3 nitrogen and oxygen atoms in total. The highest BCUT2D eigenvalue weighted by Crippen LogP contribution is 2.23. The monoisotopic (exact) mass is 318 g/mol. The van der Waals surface area contributed by atoms with Gasteiger partial charge in [0.05, 0.1) is 5.56 Å². The van der Waals surface area contributed by atoms with Crippen LogP contribution in [-0.2, 0) is 0 Å². The number of rotatable bonds is 6. The maximum absolute atomic E-state index is 13.4. The van der Waals surface area contributed by atoms with Crippen molar-refractivity contribution in [3.8, 4) is 0 Å². The Morgan fingerprint density at radius 1 is 1.45 bits per heavy atom. The van der Waals surface area contributed by atoms with E-state index in [1.807, 2.05) is 20.8 Å². The Kier molecular flexibility index (Phi) is 6.43. The fourth-order valence-electron chi connectivity index (χ4n) is 1.57. The molecular formula is C14H17Cl2FN2O. The van der Waals surface area contributed by atoms with Crippen molar-refractivity contribution in [1.29, 1.82) is 0 Å². The standard InChI is InChI=1S/C14H17Cl2FN2O/c1-4-5-9(7-18-8(2)3)12(20)10-6-11(17)14(16)19-13(10)15/h6-8,18H,4-5H2,1-3H3. The molecule has 20 heavy (non-hydrogen) atoms. The van der Waals surface area contributed by atoms with Gasteiger partial charge in [-0.2, -0.15) is 0 Å². The summed E-state index contributed by atoms with van der Waals surface area (Å²) in [6.45, 7) is 5.88. The first-order valence-electron chi connectivity index (χ1n) is 6.38. The summed E-state index contributed by atoms with van der Waals surface area (Å²) in [4.78, 5) is 16.0. The van der Waals surface area contributed by atoms with Crippen LogP contribution in [0.1, 0.15) is 44.0 Å². The molecule has 0 aromatic carbocycles. The van der Waals surface area contributed by atoms with Crippen molar-refractivity contribution in [2.75, 3.05) is 0 Å². The topological polar surface area (TPSA) is 42.0 Å². The maximum atomic E-state index is 13.4. The first-order valence-corrected chi connectivity index (χ1v) is 7.13. The average molecular weight is 319 g/mol. The zero-order chi connectivity index (χ0) is 15.3. The van der Waals surface area contributed by atoms with E-state index < -0.39 is 5.82 Å². The molecule has 0 radical (unpaired) electrons. The Hall–Kier alpha value is -1.13. The second kappa shape index (κ2) is 7.60. The summed E-state index contributed by atoms with van der Waals surface area (Å²) in [7, 11) is 0. The third kappa shape index (κ3) is 4.46. The van der Waals surface area contributed by atoms with Gasteiger partial charge < -0.3 is 5.32 Å². The van der Waals surface area contributed by atoms with Crippen LogP contribution < -0.4 is 5.32 Å². The molecular weight excluding hydrogens is 302 g/mol. The summed E-state index contributed by atoms with van der Waals surface area (Å²) in [5.41, 5.74) is 0.561. The Labute approximate surface area is 128 Å². The minimum atomic E-state index is -0.757. The molecule has 0 aliphatic rings. The van der Waals surface area contributed by atoms with Crippen molar-refractivity contribution in [2.24, 2.45) is 0 Å². The van der Waals surface area contributed by atoms with Crippen molar-refractivity contribution < 1.29 is 9.18 Å².